The number of aryl methyl sites for hydroxylation is 1. The number of halogens is 3. The number of aromatic nitrogens is 2. The maximum Gasteiger partial charge on any atom is 0.416 e. The Labute approximate surface area is 266 Å². The second-order valence-corrected chi connectivity index (χ2v) is 12.4. The summed E-state index contributed by atoms with van der Waals surface area (Å²) in [7, 11) is 0. The minimum absolute atomic E-state index is 0.0297. The predicted molar refractivity (Wildman–Crippen MR) is 171 cm³/mol. The average Bonchev–Trinajstić information content (AvgIpc) is 3.51. The predicted octanol–water partition coefficient (Wildman–Crippen LogP) is 5.87. The molecule has 0 saturated heterocycles. The molecule has 1 aliphatic rings. The van der Waals surface area contributed by atoms with Crippen LogP contribution in [0.15, 0.2) is 79.3 Å². The zero-order chi connectivity index (χ0) is 33.1. The van der Waals surface area contributed by atoms with Crippen molar-refractivity contribution >= 4 is 17.5 Å². The second kappa shape index (κ2) is 13.5. The van der Waals surface area contributed by atoms with E-state index in [0.29, 0.717) is 11.3 Å². The van der Waals surface area contributed by atoms with E-state index in [1.54, 1.807) is 19.4 Å². The van der Waals surface area contributed by atoms with E-state index in [9.17, 15) is 27.9 Å². The number of fused-ring (bicyclic) bond motifs is 1. The molecule has 0 fully saturated rings. The van der Waals surface area contributed by atoms with E-state index >= 15 is 0 Å². The highest BCUT2D eigenvalue weighted by Crippen LogP contribution is 2.38. The highest BCUT2D eigenvalue weighted by molar-refractivity contribution is 6.01. The summed E-state index contributed by atoms with van der Waals surface area (Å²) in [5.41, 5.74) is 3.56. The van der Waals surface area contributed by atoms with Crippen LogP contribution in [0.25, 0.3) is 22.4 Å². The third kappa shape index (κ3) is 7.66. The maximum absolute atomic E-state index is 14.2. The van der Waals surface area contributed by atoms with Crippen molar-refractivity contribution in [1.29, 1.82) is 0 Å². The van der Waals surface area contributed by atoms with Gasteiger partial charge in [0.25, 0.3) is 0 Å². The molecule has 5 rings (SSSR count). The third-order valence-corrected chi connectivity index (χ3v) is 8.13. The van der Waals surface area contributed by atoms with Crippen molar-refractivity contribution < 1.29 is 27.9 Å². The molecule has 4 aromatic rings. The van der Waals surface area contributed by atoms with Crippen LogP contribution < -0.4 is 15.5 Å². The summed E-state index contributed by atoms with van der Waals surface area (Å²) in [4.78, 5) is 36.2. The van der Waals surface area contributed by atoms with E-state index in [1.165, 1.54) is 11.0 Å². The van der Waals surface area contributed by atoms with Gasteiger partial charge < -0.3 is 25.6 Å². The number of anilines is 1. The van der Waals surface area contributed by atoms with E-state index in [2.05, 4.69) is 20.6 Å². The summed E-state index contributed by atoms with van der Waals surface area (Å²) in [6, 6.07) is 17.9. The summed E-state index contributed by atoms with van der Waals surface area (Å²) in [6.45, 7) is 5.64. The molecule has 242 valence electrons. The zero-order valence-electron chi connectivity index (χ0n) is 26.0. The Balaban J connectivity index is 1.50. The number of carbonyl (C=O) groups is 2. The molecule has 0 radical (unpaired) electrons. The Morgan fingerprint density at radius 3 is 2.43 bits per heavy atom. The van der Waals surface area contributed by atoms with Crippen LogP contribution >= 0.6 is 0 Å². The topological polar surface area (TPSA) is 110 Å². The average molecular weight is 634 g/mol. The number of nitrogens with one attached hydrogen (secondary N) is 3. The minimum Gasteiger partial charge on any atom is -0.392 e. The van der Waals surface area contributed by atoms with Gasteiger partial charge in [0.1, 0.15) is 6.04 Å². The van der Waals surface area contributed by atoms with Crippen LogP contribution in [-0.4, -0.2) is 51.1 Å². The molecular formula is C35H38F3N5O3. The fourth-order valence-corrected chi connectivity index (χ4v) is 5.83. The first kappa shape index (κ1) is 32.9. The van der Waals surface area contributed by atoms with Gasteiger partial charge in [-0.05, 0) is 74.1 Å². The van der Waals surface area contributed by atoms with Gasteiger partial charge in [0.2, 0.25) is 11.8 Å². The molecule has 0 spiro atoms. The first-order chi connectivity index (χ1) is 21.8. The fraction of sp³-hybridized carbons (Fsp3) is 0.343. The lowest BCUT2D eigenvalue weighted by Crippen LogP contribution is -2.51. The monoisotopic (exact) mass is 633 g/mol. The van der Waals surface area contributed by atoms with E-state index in [1.807, 2.05) is 62.4 Å². The Bertz CT molecular complexity index is 1680. The van der Waals surface area contributed by atoms with Gasteiger partial charge in [-0.1, -0.05) is 48.5 Å². The molecule has 11 heteroatoms. The molecule has 0 bridgehead atoms. The first-order valence-corrected chi connectivity index (χ1v) is 15.2. The van der Waals surface area contributed by atoms with Crippen molar-refractivity contribution in [2.24, 2.45) is 0 Å². The van der Waals surface area contributed by atoms with Crippen molar-refractivity contribution in [3.63, 3.8) is 0 Å². The normalized spacial score (nSPS) is 16.1. The molecule has 0 aliphatic carbocycles. The summed E-state index contributed by atoms with van der Waals surface area (Å²) >= 11 is 0. The van der Waals surface area contributed by atoms with E-state index in [0.717, 1.165) is 40.1 Å². The minimum atomic E-state index is -4.54. The molecule has 0 unspecified atom stereocenters. The van der Waals surface area contributed by atoms with Crippen LogP contribution in [0.5, 0.6) is 0 Å². The third-order valence-electron chi connectivity index (χ3n) is 8.13. The van der Waals surface area contributed by atoms with Crippen LogP contribution in [0, 0.1) is 0 Å². The molecule has 2 atom stereocenters. The first-order valence-electron chi connectivity index (χ1n) is 15.2. The molecule has 3 aromatic carbocycles. The van der Waals surface area contributed by atoms with Crippen LogP contribution in [-0.2, 0) is 28.7 Å². The van der Waals surface area contributed by atoms with Gasteiger partial charge in [-0.25, -0.2) is 4.98 Å². The van der Waals surface area contributed by atoms with Gasteiger partial charge in [-0.15, -0.1) is 0 Å². The summed E-state index contributed by atoms with van der Waals surface area (Å²) in [5, 5.41) is 15.6. The maximum atomic E-state index is 14.2. The highest BCUT2D eigenvalue weighted by Gasteiger charge is 2.36. The van der Waals surface area contributed by atoms with E-state index < -0.39 is 35.3 Å². The van der Waals surface area contributed by atoms with Crippen LogP contribution in [0.2, 0.25) is 0 Å². The number of rotatable bonds is 10. The van der Waals surface area contributed by atoms with Crippen LogP contribution in [0.1, 0.15) is 50.3 Å². The number of amides is 2. The van der Waals surface area contributed by atoms with Crippen LogP contribution in [0.4, 0.5) is 18.9 Å². The molecule has 8 nitrogen and oxygen atoms in total. The standard InChI is InChI=1S/C35H38F3N5O3/c1-22(44)18-41-34(2,3)17-32(45)42-29-14-12-23-16-25(35(36,37)38)13-15-31(23)43(33(29)46)20-24-8-4-5-9-26(24)27-10-6-7-11-28(27)30-19-39-21-40-30/h4-11,13,15-16,19,21-22,29,41,44H,12,14,17-18,20H2,1-3H3,(H,39,40)(H,42,45)/t22-,29-/m1/s1. The summed E-state index contributed by atoms with van der Waals surface area (Å²) in [5.74, 6) is -0.782. The number of carbonyl (C=O) groups excluding carboxylic acids is 2. The molecular weight excluding hydrogens is 595 g/mol. The smallest absolute Gasteiger partial charge is 0.392 e. The van der Waals surface area contributed by atoms with Crippen molar-refractivity contribution in [1.82, 2.24) is 20.6 Å². The number of hydrogen-bond donors (Lipinski definition) is 4. The van der Waals surface area contributed by atoms with Gasteiger partial charge >= 0.3 is 6.18 Å². The van der Waals surface area contributed by atoms with Crippen molar-refractivity contribution in [3.8, 4) is 22.4 Å². The lowest BCUT2D eigenvalue weighted by molar-refractivity contribution is -0.137. The number of benzene rings is 3. The lowest BCUT2D eigenvalue weighted by Gasteiger charge is -2.30. The molecule has 2 amide bonds. The molecule has 2 heterocycles. The molecule has 0 saturated carbocycles. The number of aromatic amines is 1. The number of imidazole rings is 1. The van der Waals surface area contributed by atoms with Gasteiger partial charge in [0.05, 0.1) is 36.4 Å². The molecule has 1 aromatic heterocycles. The number of alkyl halides is 3. The quantitative estimate of drug-likeness (QED) is 0.175. The fourth-order valence-electron chi connectivity index (χ4n) is 5.83. The van der Waals surface area contributed by atoms with Crippen molar-refractivity contribution in [2.75, 3.05) is 11.4 Å². The van der Waals surface area contributed by atoms with Gasteiger partial charge in [-0.2, -0.15) is 13.2 Å². The Morgan fingerprint density at radius 2 is 1.76 bits per heavy atom. The largest absolute Gasteiger partial charge is 0.416 e. The zero-order valence-corrected chi connectivity index (χ0v) is 26.0. The van der Waals surface area contributed by atoms with Crippen molar-refractivity contribution in [2.45, 2.75) is 70.4 Å². The number of β-amino-alcohol motifs (C(OH)–C–C–N with tert-alkyl or cyclic N) is 1. The number of aliphatic hydroxyl groups is 1. The van der Waals surface area contributed by atoms with Crippen molar-refractivity contribution in [3.05, 3.63) is 95.9 Å². The second-order valence-electron chi connectivity index (χ2n) is 12.4. The Hall–Kier alpha value is -4.48. The van der Waals surface area contributed by atoms with E-state index in [-0.39, 0.29) is 38.3 Å². The number of aliphatic hydroxyl groups excluding tert-OH is 1. The molecule has 46 heavy (non-hydrogen) atoms. The molecule has 4 N–H and O–H groups in total. The SMILES string of the molecule is C[C@@H](O)CNC(C)(C)CC(=O)N[C@@H]1CCc2cc(C(F)(F)F)ccc2N(Cc2ccccc2-c2ccccc2-c2cnc[nH]2)C1=O. The summed E-state index contributed by atoms with van der Waals surface area (Å²) < 4.78 is 41.2. The number of nitrogens with zero attached hydrogens (tertiary/aromatic N) is 2. The Morgan fingerprint density at radius 1 is 1.07 bits per heavy atom. The number of hydrogen-bond acceptors (Lipinski definition) is 5. The molecule has 1 aliphatic heterocycles. The van der Waals surface area contributed by atoms with E-state index in [4.69, 9.17) is 0 Å². The number of H-pyrrole nitrogens is 1. The lowest BCUT2D eigenvalue weighted by atomic mass is 9.93. The Kier molecular flexibility index (Phi) is 9.64. The summed E-state index contributed by atoms with van der Waals surface area (Å²) in [6.07, 6.45) is -1.49. The van der Waals surface area contributed by atoms with Crippen LogP contribution in [0.3, 0.4) is 0 Å². The van der Waals surface area contributed by atoms with Gasteiger partial charge in [0.15, 0.2) is 0 Å². The van der Waals surface area contributed by atoms with Gasteiger partial charge in [0, 0.05) is 29.8 Å². The highest BCUT2D eigenvalue weighted by atomic mass is 19.4. The van der Waals surface area contributed by atoms with Gasteiger partial charge in [-0.3, -0.25) is 9.59 Å².